The summed E-state index contributed by atoms with van der Waals surface area (Å²) in [6, 6.07) is 2.40. The maximum atomic E-state index is 12.0. The van der Waals surface area contributed by atoms with Crippen LogP contribution in [-0.4, -0.2) is 41.3 Å². The number of nitrogens with one attached hydrogen (secondary N) is 1. The molecule has 0 saturated carbocycles. The zero-order valence-electron chi connectivity index (χ0n) is 10.8. The van der Waals surface area contributed by atoms with Gasteiger partial charge in [-0.2, -0.15) is 0 Å². The van der Waals surface area contributed by atoms with Crippen LogP contribution in [0.25, 0.3) is 0 Å². The summed E-state index contributed by atoms with van der Waals surface area (Å²) in [5.74, 6) is -1.50. The Morgan fingerprint density at radius 2 is 2.37 bits per heavy atom. The van der Waals surface area contributed by atoms with E-state index in [-0.39, 0.29) is 6.42 Å². The van der Waals surface area contributed by atoms with Crippen molar-refractivity contribution in [1.82, 2.24) is 9.88 Å². The normalized spacial score (nSPS) is 11.8. The van der Waals surface area contributed by atoms with Gasteiger partial charge in [0, 0.05) is 19.9 Å². The first-order chi connectivity index (χ1) is 9.10. The van der Waals surface area contributed by atoms with E-state index in [0.717, 1.165) is 0 Å². The highest BCUT2D eigenvalue weighted by Crippen LogP contribution is 2.04. The zero-order chi connectivity index (χ0) is 14.3. The molecule has 1 aromatic rings. The number of hydrogen-bond donors (Lipinski definition) is 2. The molecular formula is C13H18N2O4. The molecule has 0 aliphatic carbocycles. The van der Waals surface area contributed by atoms with Crippen LogP contribution in [0.4, 0.5) is 0 Å². The standard InChI is InChI=1S/C13H18N2O4/c1-3-5-10(13(17)18)14-12(16)11-6-4-7-15(11)8-9-19-2/h3-4,6-7,10H,1,5,8-9H2,2H3,(H,14,16)(H,17,18). The lowest BCUT2D eigenvalue weighted by Crippen LogP contribution is -2.41. The summed E-state index contributed by atoms with van der Waals surface area (Å²) < 4.78 is 6.66. The minimum atomic E-state index is -1.08. The molecule has 1 aromatic heterocycles. The highest BCUT2D eigenvalue weighted by atomic mass is 16.5. The Bertz CT molecular complexity index is 453. The third-order valence-electron chi connectivity index (χ3n) is 2.60. The fourth-order valence-corrected chi connectivity index (χ4v) is 1.63. The quantitative estimate of drug-likeness (QED) is 0.685. The first kappa shape index (κ1) is 15.0. The molecule has 0 aliphatic rings. The SMILES string of the molecule is C=CCC(NC(=O)c1cccn1CCOC)C(=O)O. The van der Waals surface area contributed by atoms with E-state index in [2.05, 4.69) is 11.9 Å². The van der Waals surface area contributed by atoms with Gasteiger partial charge in [0.15, 0.2) is 0 Å². The maximum absolute atomic E-state index is 12.0. The number of ether oxygens (including phenoxy) is 1. The number of rotatable bonds is 8. The van der Waals surface area contributed by atoms with Crippen LogP contribution in [0.3, 0.4) is 0 Å². The molecule has 19 heavy (non-hydrogen) atoms. The molecule has 1 rings (SSSR count). The van der Waals surface area contributed by atoms with E-state index in [0.29, 0.717) is 18.8 Å². The minimum Gasteiger partial charge on any atom is -0.480 e. The monoisotopic (exact) mass is 266 g/mol. The minimum absolute atomic E-state index is 0.180. The summed E-state index contributed by atoms with van der Waals surface area (Å²) >= 11 is 0. The zero-order valence-corrected chi connectivity index (χ0v) is 10.8. The Balaban J connectivity index is 2.74. The summed E-state index contributed by atoms with van der Waals surface area (Å²) in [6.07, 6.45) is 3.39. The van der Waals surface area contributed by atoms with Gasteiger partial charge in [-0.3, -0.25) is 4.79 Å². The van der Waals surface area contributed by atoms with Crippen LogP contribution in [-0.2, 0) is 16.1 Å². The Morgan fingerprint density at radius 3 is 2.95 bits per heavy atom. The molecule has 0 bridgehead atoms. The molecule has 6 nitrogen and oxygen atoms in total. The molecule has 0 fully saturated rings. The van der Waals surface area contributed by atoms with Crippen molar-refractivity contribution in [2.75, 3.05) is 13.7 Å². The van der Waals surface area contributed by atoms with Gasteiger partial charge in [-0.05, 0) is 18.6 Å². The van der Waals surface area contributed by atoms with E-state index in [1.807, 2.05) is 0 Å². The van der Waals surface area contributed by atoms with Crippen molar-refractivity contribution in [3.63, 3.8) is 0 Å². The van der Waals surface area contributed by atoms with E-state index in [9.17, 15) is 9.59 Å². The molecule has 0 saturated heterocycles. The Morgan fingerprint density at radius 1 is 1.63 bits per heavy atom. The largest absolute Gasteiger partial charge is 0.480 e. The van der Waals surface area contributed by atoms with Crippen LogP contribution >= 0.6 is 0 Å². The molecule has 6 heteroatoms. The number of carboxylic acid groups (broad SMARTS) is 1. The van der Waals surface area contributed by atoms with Gasteiger partial charge < -0.3 is 19.7 Å². The predicted octanol–water partition coefficient (Wildman–Crippen LogP) is 0.894. The second-order valence-corrected chi connectivity index (χ2v) is 3.97. The molecule has 1 unspecified atom stereocenters. The van der Waals surface area contributed by atoms with E-state index in [1.54, 1.807) is 30.0 Å². The van der Waals surface area contributed by atoms with Crippen LogP contribution in [0, 0.1) is 0 Å². The van der Waals surface area contributed by atoms with Gasteiger partial charge in [-0.15, -0.1) is 6.58 Å². The fourth-order valence-electron chi connectivity index (χ4n) is 1.63. The van der Waals surface area contributed by atoms with Gasteiger partial charge in [0.05, 0.1) is 6.61 Å². The van der Waals surface area contributed by atoms with Crippen molar-refractivity contribution < 1.29 is 19.4 Å². The van der Waals surface area contributed by atoms with Crippen LogP contribution in [0.15, 0.2) is 31.0 Å². The van der Waals surface area contributed by atoms with Crippen LogP contribution in [0.5, 0.6) is 0 Å². The lowest BCUT2D eigenvalue weighted by Gasteiger charge is -2.14. The second-order valence-electron chi connectivity index (χ2n) is 3.97. The topological polar surface area (TPSA) is 80.6 Å². The summed E-state index contributed by atoms with van der Waals surface area (Å²) in [7, 11) is 1.58. The predicted molar refractivity (Wildman–Crippen MR) is 70.0 cm³/mol. The van der Waals surface area contributed by atoms with Crippen molar-refractivity contribution in [1.29, 1.82) is 0 Å². The number of aliphatic carboxylic acids is 1. The van der Waals surface area contributed by atoms with Crippen LogP contribution in [0.1, 0.15) is 16.9 Å². The number of carbonyl (C=O) groups excluding carboxylic acids is 1. The molecule has 1 heterocycles. The summed E-state index contributed by atoms with van der Waals surface area (Å²) in [6.45, 7) is 4.48. The highest BCUT2D eigenvalue weighted by Gasteiger charge is 2.20. The Kier molecular flexibility index (Phi) is 5.81. The van der Waals surface area contributed by atoms with E-state index >= 15 is 0 Å². The number of carbonyl (C=O) groups is 2. The second kappa shape index (κ2) is 7.38. The molecule has 1 amide bonds. The first-order valence-electron chi connectivity index (χ1n) is 5.88. The van der Waals surface area contributed by atoms with Gasteiger partial charge in [0.1, 0.15) is 11.7 Å². The van der Waals surface area contributed by atoms with Crippen molar-refractivity contribution >= 4 is 11.9 Å². The molecule has 0 radical (unpaired) electrons. The van der Waals surface area contributed by atoms with E-state index < -0.39 is 17.9 Å². The maximum Gasteiger partial charge on any atom is 0.326 e. The molecule has 0 spiro atoms. The number of aromatic nitrogens is 1. The Labute approximate surface area is 111 Å². The lowest BCUT2D eigenvalue weighted by molar-refractivity contribution is -0.139. The average Bonchev–Trinajstić information content (AvgIpc) is 2.83. The summed E-state index contributed by atoms with van der Waals surface area (Å²) in [4.78, 5) is 23.0. The number of methoxy groups -OCH3 is 1. The van der Waals surface area contributed by atoms with Crippen LogP contribution in [0.2, 0.25) is 0 Å². The van der Waals surface area contributed by atoms with Gasteiger partial charge in [-0.1, -0.05) is 6.08 Å². The number of hydrogen-bond acceptors (Lipinski definition) is 3. The number of amides is 1. The molecule has 0 aliphatic heterocycles. The molecule has 104 valence electrons. The number of nitrogens with zero attached hydrogens (tertiary/aromatic N) is 1. The average molecular weight is 266 g/mol. The third kappa shape index (κ3) is 4.26. The third-order valence-corrected chi connectivity index (χ3v) is 2.60. The summed E-state index contributed by atoms with van der Waals surface area (Å²) in [5, 5.41) is 11.4. The Hall–Kier alpha value is -2.08. The smallest absolute Gasteiger partial charge is 0.326 e. The first-order valence-corrected chi connectivity index (χ1v) is 5.88. The van der Waals surface area contributed by atoms with Gasteiger partial charge >= 0.3 is 5.97 Å². The van der Waals surface area contributed by atoms with Crippen molar-refractivity contribution in [2.24, 2.45) is 0 Å². The van der Waals surface area contributed by atoms with E-state index in [4.69, 9.17) is 9.84 Å². The lowest BCUT2D eigenvalue weighted by atomic mass is 10.2. The molecule has 1 atom stereocenters. The van der Waals surface area contributed by atoms with Gasteiger partial charge in [0.25, 0.3) is 5.91 Å². The molecular weight excluding hydrogens is 248 g/mol. The van der Waals surface area contributed by atoms with Crippen molar-refractivity contribution in [3.8, 4) is 0 Å². The van der Waals surface area contributed by atoms with Crippen molar-refractivity contribution in [3.05, 3.63) is 36.7 Å². The highest BCUT2D eigenvalue weighted by molar-refractivity contribution is 5.95. The molecule has 2 N–H and O–H groups in total. The molecule has 0 aromatic carbocycles. The van der Waals surface area contributed by atoms with Crippen molar-refractivity contribution in [2.45, 2.75) is 19.0 Å². The fraction of sp³-hybridized carbons (Fsp3) is 0.385. The number of carboxylic acids is 1. The van der Waals surface area contributed by atoms with Crippen LogP contribution < -0.4 is 5.32 Å². The van der Waals surface area contributed by atoms with Gasteiger partial charge in [-0.25, -0.2) is 4.79 Å². The summed E-state index contributed by atoms with van der Waals surface area (Å²) in [5.41, 5.74) is 0.410. The van der Waals surface area contributed by atoms with E-state index in [1.165, 1.54) is 6.08 Å². The van der Waals surface area contributed by atoms with Gasteiger partial charge in [0.2, 0.25) is 0 Å².